The second kappa shape index (κ2) is 6.74. The zero-order chi connectivity index (χ0) is 16.4. The molecule has 0 spiro atoms. The third-order valence-corrected chi connectivity index (χ3v) is 4.62. The molecule has 1 aromatic carbocycles. The number of halogens is 2. The minimum absolute atomic E-state index is 0.0132. The molecule has 6 nitrogen and oxygen atoms in total. The molecule has 2 aliphatic rings. The van der Waals surface area contributed by atoms with E-state index >= 15 is 0 Å². The third-order valence-electron chi connectivity index (χ3n) is 3.96. The average molecular weight is 386 g/mol. The number of carbonyl (C=O) groups is 1. The van der Waals surface area contributed by atoms with E-state index in [1.165, 1.54) is 12.1 Å². The molecule has 0 saturated carbocycles. The SMILES string of the molecule is NC(=O)C1CC(N2CCC(Oc3cc(F)ccc3Br)CC2)=NO1. The smallest absolute Gasteiger partial charge is 0.261 e. The first-order valence-corrected chi connectivity index (χ1v) is 8.21. The van der Waals surface area contributed by atoms with Crippen molar-refractivity contribution in [3.05, 3.63) is 28.5 Å². The van der Waals surface area contributed by atoms with Crippen molar-refractivity contribution in [3.63, 3.8) is 0 Å². The summed E-state index contributed by atoms with van der Waals surface area (Å²) in [6.07, 6.45) is 1.32. The summed E-state index contributed by atoms with van der Waals surface area (Å²) in [5.74, 6) is 0.437. The van der Waals surface area contributed by atoms with Gasteiger partial charge in [0.2, 0.25) is 6.10 Å². The van der Waals surface area contributed by atoms with E-state index in [0.717, 1.165) is 36.2 Å². The molecule has 8 heteroatoms. The third kappa shape index (κ3) is 3.74. The number of amides is 1. The maximum absolute atomic E-state index is 13.3. The zero-order valence-corrected chi connectivity index (χ0v) is 14.0. The molecule has 2 aliphatic heterocycles. The van der Waals surface area contributed by atoms with Gasteiger partial charge >= 0.3 is 0 Å². The number of oxime groups is 1. The van der Waals surface area contributed by atoms with Crippen molar-refractivity contribution in [2.24, 2.45) is 10.9 Å². The normalized spacial score (nSPS) is 21.7. The summed E-state index contributed by atoms with van der Waals surface area (Å²) in [4.78, 5) is 18.2. The Morgan fingerprint density at radius 1 is 1.43 bits per heavy atom. The Morgan fingerprint density at radius 2 is 2.17 bits per heavy atom. The largest absolute Gasteiger partial charge is 0.489 e. The average Bonchev–Trinajstić information content (AvgIpc) is 3.02. The van der Waals surface area contributed by atoms with Crippen LogP contribution in [-0.2, 0) is 9.63 Å². The van der Waals surface area contributed by atoms with Gasteiger partial charge < -0.3 is 20.2 Å². The van der Waals surface area contributed by atoms with E-state index in [0.29, 0.717) is 12.2 Å². The maximum atomic E-state index is 13.3. The highest BCUT2D eigenvalue weighted by atomic mass is 79.9. The van der Waals surface area contributed by atoms with Crippen LogP contribution in [0.15, 0.2) is 27.8 Å². The molecular formula is C15H17BrFN3O3. The summed E-state index contributed by atoms with van der Waals surface area (Å²) >= 11 is 3.36. The van der Waals surface area contributed by atoms with Crippen LogP contribution in [0, 0.1) is 5.82 Å². The van der Waals surface area contributed by atoms with Crippen molar-refractivity contribution in [1.29, 1.82) is 0 Å². The topological polar surface area (TPSA) is 77.2 Å². The molecule has 1 unspecified atom stereocenters. The van der Waals surface area contributed by atoms with Gasteiger partial charge in [0.25, 0.3) is 5.91 Å². The Kier molecular flexibility index (Phi) is 4.70. The molecule has 0 aromatic heterocycles. The van der Waals surface area contributed by atoms with Crippen LogP contribution in [-0.4, -0.2) is 41.9 Å². The van der Waals surface area contributed by atoms with Crippen LogP contribution < -0.4 is 10.5 Å². The van der Waals surface area contributed by atoms with Gasteiger partial charge in [-0.3, -0.25) is 4.79 Å². The van der Waals surface area contributed by atoms with E-state index in [4.69, 9.17) is 15.3 Å². The summed E-state index contributed by atoms with van der Waals surface area (Å²) in [7, 11) is 0. The number of amidine groups is 1. The van der Waals surface area contributed by atoms with E-state index in [2.05, 4.69) is 26.0 Å². The molecule has 2 N–H and O–H groups in total. The fraction of sp³-hybridized carbons (Fsp3) is 0.467. The van der Waals surface area contributed by atoms with E-state index in [1.54, 1.807) is 6.07 Å². The molecule has 1 fully saturated rings. The molecule has 0 bridgehead atoms. The first kappa shape index (κ1) is 16.0. The molecule has 1 atom stereocenters. The van der Waals surface area contributed by atoms with E-state index in [-0.39, 0.29) is 11.9 Å². The van der Waals surface area contributed by atoms with Gasteiger partial charge in [0, 0.05) is 32.0 Å². The number of nitrogens with zero attached hydrogens (tertiary/aromatic N) is 2. The summed E-state index contributed by atoms with van der Waals surface area (Å²) < 4.78 is 19.9. The fourth-order valence-corrected chi connectivity index (χ4v) is 3.02. The van der Waals surface area contributed by atoms with Crippen molar-refractivity contribution in [2.45, 2.75) is 31.5 Å². The molecule has 1 aromatic rings. The summed E-state index contributed by atoms with van der Waals surface area (Å²) in [6.45, 7) is 1.48. The number of ether oxygens (including phenoxy) is 1. The molecule has 3 rings (SSSR count). The van der Waals surface area contributed by atoms with Gasteiger partial charge in [0.15, 0.2) is 0 Å². The van der Waals surface area contributed by atoms with Crippen LogP contribution in [0.1, 0.15) is 19.3 Å². The van der Waals surface area contributed by atoms with Crippen molar-refractivity contribution >= 4 is 27.7 Å². The van der Waals surface area contributed by atoms with Gasteiger partial charge in [-0.2, -0.15) is 0 Å². The molecule has 1 saturated heterocycles. The molecular weight excluding hydrogens is 369 g/mol. The maximum Gasteiger partial charge on any atom is 0.261 e. The van der Waals surface area contributed by atoms with Crippen molar-refractivity contribution < 1.29 is 18.8 Å². The Labute approximate surface area is 141 Å². The van der Waals surface area contributed by atoms with Gasteiger partial charge in [0.05, 0.1) is 10.9 Å². The van der Waals surface area contributed by atoms with Gasteiger partial charge in [-0.1, -0.05) is 5.16 Å². The molecule has 124 valence electrons. The van der Waals surface area contributed by atoms with E-state index in [1.807, 2.05) is 0 Å². The Balaban J connectivity index is 1.53. The van der Waals surface area contributed by atoms with Crippen LogP contribution in [0.25, 0.3) is 0 Å². The fourth-order valence-electron chi connectivity index (χ4n) is 2.68. The lowest BCUT2D eigenvalue weighted by molar-refractivity contribution is -0.127. The summed E-state index contributed by atoms with van der Waals surface area (Å²) in [5.41, 5.74) is 5.21. The molecule has 2 heterocycles. The number of benzene rings is 1. The van der Waals surface area contributed by atoms with Crippen LogP contribution in [0.4, 0.5) is 4.39 Å². The highest BCUT2D eigenvalue weighted by Gasteiger charge is 2.31. The van der Waals surface area contributed by atoms with Crippen molar-refractivity contribution in [2.75, 3.05) is 13.1 Å². The molecule has 23 heavy (non-hydrogen) atoms. The van der Waals surface area contributed by atoms with Gasteiger partial charge in [0.1, 0.15) is 23.5 Å². The first-order valence-electron chi connectivity index (χ1n) is 7.41. The monoisotopic (exact) mass is 385 g/mol. The second-order valence-corrected chi connectivity index (χ2v) is 6.44. The van der Waals surface area contributed by atoms with Gasteiger partial charge in [-0.15, -0.1) is 0 Å². The van der Waals surface area contributed by atoms with Crippen LogP contribution in [0.5, 0.6) is 5.75 Å². The number of piperidine rings is 1. The Bertz CT molecular complexity index is 632. The minimum atomic E-state index is -0.665. The highest BCUT2D eigenvalue weighted by molar-refractivity contribution is 9.10. The predicted molar refractivity (Wildman–Crippen MR) is 85.4 cm³/mol. The standard InChI is InChI=1S/C15H17BrFN3O3/c16-11-2-1-9(17)7-12(11)22-10-3-5-20(6-4-10)14-8-13(15(18)21)23-19-14/h1-2,7,10,13H,3-6,8H2,(H2,18,21). The van der Waals surface area contributed by atoms with E-state index < -0.39 is 12.0 Å². The number of hydrogen-bond donors (Lipinski definition) is 1. The van der Waals surface area contributed by atoms with Crippen LogP contribution in [0.2, 0.25) is 0 Å². The quantitative estimate of drug-likeness (QED) is 0.863. The molecule has 1 amide bonds. The second-order valence-electron chi connectivity index (χ2n) is 5.59. The van der Waals surface area contributed by atoms with Gasteiger partial charge in [-0.05, 0) is 28.1 Å². The number of nitrogens with two attached hydrogens (primary N) is 1. The highest BCUT2D eigenvalue weighted by Crippen LogP contribution is 2.29. The minimum Gasteiger partial charge on any atom is -0.489 e. The number of hydrogen-bond acceptors (Lipinski definition) is 5. The lowest BCUT2D eigenvalue weighted by Crippen LogP contribution is -2.42. The number of primary amides is 1. The lowest BCUT2D eigenvalue weighted by atomic mass is 10.1. The van der Waals surface area contributed by atoms with Crippen molar-refractivity contribution in [3.8, 4) is 5.75 Å². The Morgan fingerprint density at radius 3 is 2.83 bits per heavy atom. The molecule has 0 radical (unpaired) electrons. The number of rotatable bonds is 3. The molecule has 0 aliphatic carbocycles. The van der Waals surface area contributed by atoms with Crippen LogP contribution >= 0.6 is 15.9 Å². The first-order chi connectivity index (χ1) is 11.0. The number of carbonyl (C=O) groups excluding carboxylic acids is 1. The lowest BCUT2D eigenvalue weighted by Gasteiger charge is -2.33. The number of likely N-dealkylation sites (tertiary alicyclic amines) is 1. The van der Waals surface area contributed by atoms with Crippen molar-refractivity contribution in [1.82, 2.24) is 4.90 Å². The van der Waals surface area contributed by atoms with Crippen LogP contribution in [0.3, 0.4) is 0 Å². The van der Waals surface area contributed by atoms with Gasteiger partial charge in [-0.25, -0.2) is 4.39 Å². The Hall–Kier alpha value is -1.83. The summed E-state index contributed by atoms with van der Waals surface area (Å²) in [5, 5.41) is 3.94. The predicted octanol–water partition coefficient (Wildman–Crippen LogP) is 2.02. The van der Waals surface area contributed by atoms with E-state index in [9.17, 15) is 9.18 Å². The zero-order valence-electron chi connectivity index (χ0n) is 12.4. The summed E-state index contributed by atoms with van der Waals surface area (Å²) in [6, 6.07) is 4.39.